The molecule has 0 bridgehead atoms. The number of rotatable bonds is 6. The van der Waals surface area contributed by atoms with Gasteiger partial charge in [0, 0.05) is 69.0 Å². The number of halogens is 1. The van der Waals surface area contributed by atoms with E-state index in [0.717, 1.165) is 41.9 Å². The van der Waals surface area contributed by atoms with Crippen LogP contribution in [0.15, 0.2) is 42.7 Å². The highest BCUT2D eigenvalue weighted by Gasteiger charge is 2.28. The fourth-order valence-corrected chi connectivity index (χ4v) is 4.27. The molecule has 0 unspecified atom stereocenters. The van der Waals surface area contributed by atoms with Gasteiger partial charge >= 0.3 is 0 Å². The van der Waals surface area contributed by atoms with Crippen LogP contribution in [-0.4, -0.2) is 57.7 Å². The van der Waals surface area contributed by atoms with Crippen molar-refractivity contribution >= 4 is 23.5 Å². The van der Waals surface area contributed by atoms with Gasteiger partial charge < -0.3 is 9.80 Å². The lowest BCUT2D eigenvalue weighted by atomic mass is 9.89. The summed E-state index contributed by atoms with van der Waals surface area (Å²) in [7, 11) is 3.88. The van der Waals surface area contributed by atoms with Crippen molar-refractivity contribution in [2.45, 2.75) is 38.6 Å². The van der Waals surface area contributed by atoms with Crippen LogP contribution in [0.5, 0.6) is 0 Å². The van der Waals surface area contributed by atoms with Gasteiger partial charge in [-0.15, -0.1) is 0 Å². The molecule has 0 spiro atoms. The first-order valence-corrected chi connectivity index (χ1v) is 11.4. The van der Waals surface area contributed by atoms with Crippen molar-refractivity contribution in [2.24, 2.45) is 0 Å². The molecule has 4 rings (SSSR count). The second-order valence-electron chi connectivity index (χ2n) is 8.52. The smallest absolute Gasteiger partial charge is 0.225 e. The Balaban J connectivity index is 1.55. The van der Waals surface area contributed by atoms with Gasteiger partial charge in [0.1, 0.15) is 0 Å². The number of piperidine rings is 1. The van der Waals surface area contributed by atoms with Crippen LogP contribution < -0.4 is 4.90 Å². The summed E-state index contributed by atoms with van der Waals surface area (Å²) in [5.74, 6) is 1.00. The third kappa shape index (κ3) is 5.10. The van der Waals surface area contributed by atoms with Crippen LogP contribution in [0.4, 0.5) is 5.95 Å². The highest BCUT2D eigenvalue weighted by Crippen LogP contribution is 2.34. The van der Waals surface area contributed by atoms with Gasteiger partial charge in [-0.05, 0) is 43.5 Å². The van der Waals surface area contributed by atoms with Gasteiger partial charge in [0.05, 0.1) is 11.4 Å². The van der Waals surface area contributed by atoms with Crippen molar-refractivity contribution in [2.75, 3.05) is 32.1 Å². The monoisotopic (exact) mass is 452 g/mol. The first-order valence-electron chi connectivity index (χ1n) is 11.0. The van der Waals surface area contributed by atoms with Crippen LogP contribution in [0.1, 0.15) is 36.6 Å². The zero-order valence-electron chi connectivity index (χ0n) is 18.8. The van der Waals surface area contributed by atoms with Crippen LogP contribution in [0.2, 0.25) is 5.02 Å². The lowest BCUT2D eigenvalue weighted by molar-refractivity contribution is -0.132. The molecule has 8 heteroatoms. The second-order valence-corrected chi connectivity index (χ2v) is 8.96. The molecule has 1 aliphatic heterocycles. The molecule has 1 aliphatic rings. The van der Waals surface area contributed by atoms with E-state index in [4.69, 9.17) is 16.6 Å². The maximum atomic E-state index is 13.0. The van der Waals surface area contributed by atoms with E-state index in [1.807, 2.05) is 78.2 Å². The summed E-state index contributed by atoms with van der Waals surface area (Å²) in [6.07, 6.45) is 6.21. The fraction of sp³-hybridized carbons (Fsp3) is 0.417. The number of amides is 1. The molecule has 1 fully saturated rings. The number of hydrogen-bond donors (Lipinski definition) is 0. The Morgan fingerprint density at radius 2 is 2.00 bits per heavy atom. The van der Waals surface area contributed by atoms with E-state index in [9.17, 15) is 4.79 Å². The molecule has 0 N–H and O–H groups in total. The van der Waals surface area contributed by atoms with E-state index in [2.05, 4.69) is 10.1 Å². The van der Waals surface area contributed by atoms with Crippen LogP contribution in [0, 0.1) is 6.92 Å². The van der Waals surface area contributed by atoms with Crippen molar-refractivity contribution in [3.05, 3.63) is 59.1 Å². The quantitative estimate of drug-likeness (QED) is 0.561. The van der Waals surface area contributed by atoms with E-state index >= 15 is 0 Å². The number of carbonyl (C=O) groups excluding carboxylic acids is 1. The minimum atomic E-state index is 0.159. The Kier molecular flexibility index (Phi) is 6.74. The number of nitrogens with zero attached hydrogens (tertiary/aromatic N) is 6. The Morgan fingerprint density at radius 1 is 1.22 bits per heavy atom. The Morgan fingerprint density at radius 3 is 2.69 bits per heavy atom. The predicted molar refractivity (Wildman–Crippen MR) is 127 cm³/mol. The normalized spacial score (nSPS) is 16.2. The van der Waals surface area contributed by atoms with Crippen molar-refractivity contribution in [3.8, 4) is 11.1 Å². The number of aromatic nitrogens is 4. The maximum absolute atomic E-state index is 13.0. The molecule has 7 nitrogen and oxygen atoms in total. The summed E-state index contributed by atoms with van der Waals surface area (Å²) >= 11 is 6.10. The number of hydrogen-bond acceptors (Lipinski definition) is 5. The van der Waals surface area contributed by atoms with Gasteiger partial charge in [-0.2, -0.15) is 5.10 Å². The summed E-state index contributed by atoms with van der Waals surface area (Å²) in [4.78, 5) is 26.3. The molecule has 3 heterocycles. The van der Waals surface area contributed by atoms with Crippen molar-refractivity contribution in [3.63, 3.8) is 0 Å². The summed E-state index contributed by atoms with van der Waals surface area (Å²) in [5, 5.41) is 5.08. The van der Waals surface area contributed by atoms with E-state index in [-0.39, 0.29) is 11.8 Å². The van der Waals surface area contributed by atoms with Gasteiger partial charge in [-0.1, -0.05) is 23.7 Å². The Labute approximate surface area is 194 Å². The van der Waals surface area contributed by atoms with Gasteiger partial charge in [0.25, 0.3) is 0 Å². The number of benzene rings is 1. The molecule has 1 aromatic carbocycles. The molecule has 1 atom stereocenters. The molecule has 2 aromatic heterocycles. The van der Waals surface area contributed by atoms with Crippen molar-refractivity contribution in [1.82, 2.24) is 24.6 Å². The van der Waals surface area contributed by atoms with E-state index < -0.39 is 0 Å². The highest BCUT2D eigenvalue weighted by molar-refractivity contribution is 6.30. The van der Waals surface area contributed by atoms with Crippen LogP contribution >= 0.6 is 11.6 Å². The van der Waals surface area contributed by atoms with Crippen LogP contribution in [-0.2, 0) is 11.3 Å². The number of carbonyl (C=O) groups is 1. The molecule has 0 radical (unpaired) electrons. The van der Waals surface area contributed by atoms with Crippen LogP contribution in [0.3, 0.4) is 0 Å². The minimum absolute atomic E-state index is 0.159. The largest absolute Gasteiger partial charge is 0.347 e. The number of likely N-dealkylation sites (tertiary alicyclic amines) is 1. The van der Waals surface area contributed by atoms with E-state index in [1.165, 1.54) is 0 Å². The summed E-state index contributed by atoms with van der Waals surface area (Å²) in [6, 6.07) is 9.72. The molecular weight excluding hydrogens is 424 g/mol. The molecule has 32 heavy (non-hydrogen) atoms. The number of aryl methyl sites for hydroxylation is 2. The minimum Gasteiger partial charge on any atom is -0.347 e. The van der Waals surface area contributed by atoms with Crippen molar-refractivity contribution < 1.29 is 4.79 Å². The first kappa shape index (κ1) is 22.3. The average molecular weight is 453 g/mol. The van der Waals surface area contributed by atoms with Crippen molar-refractivity contribution in [1.29, 1.82) is 0 Å². The molecular formula is C24H29ClN6O. The first-order chi connectivity index (χ1) is 15.4. The second kappa shape index (κ2) is 9.69. The SMILES string of the molecule is Cc1ccn(CCC(=O)N2CCC[C@@H](c3nc(N(C)C)ncc3-c3ccc(Cl)cc3)C2)n1. The third-order valence-corrected chi connectivity index (χ3v) is 6.10. The lowest BCUT2D eigenvalue weighted by Gasteiger charge is -2.33. The molecule has 3 aromatic rings. The zero-order chi connectivity index (χ0) is 22.7. The molecule has 168 valence electrons. The standard InChI is InChI=1S/C24H29ClN6O/c1-17-10-13-31(28-17)14-11-22(32)30-12-4-5-19(16-30)23-21(15-26-24(27-23)29(2)3)18-6-8-20(25)9-7-18/h6-10,13,15,19H,4-5,11-12,14,16H2,1-3H3/t19-/m1/s1. The van der Waals surface area contributed by atoms with E-state index in [1.54, 1.807) is 0 Å². The molecule has 0 aliphatic carbocycles. The summed E-state index contributed by atoms with van der Waals surface area (Å²) < 4.78 is 1.83. The molecule has 0 saturated carbocycles. The predicted octanol–water partition coefficient (Wildman–Crippen LogP) is 4.16. The zero-order valence-corrected chi connectivity index (χ0v) is 19.6. The summed E-state index contributed by atoms with van der Waals surface area (Å²) in [5.41, 5.74) is 3.99. The molecule has 1 saturated heterocycles. The van der Waals surface area contributed by atoms with Gasteiger partial charge in [0.15, 0.2) is 0 Å². The third-order valence-electron chi connectivity index (χ3n) is 5.85. The maximum Gasteiger partial charge on any atom is 0.225 e. The van der Waals surface area contributed by atoms with Gasteiger partial charge in [0.2, 0.25) is 11.9 Å². The van der Waals surface area contributed by atoms with Gasteiger partial charge in [-0.3, -0.25) is 9.48 Å². The average Bonchev–Trinajstić information content (AvgIpc) is 3.22. The van der Waals surface area contributed by atoms with Crippen LogP contribution in [0.25, 0.3) is 11.1 Å². The van der Waals surface area contributed by atoms with E-state index in [0.29, 0.717) is 30.5 Å². The van der Waals surface area contributed by atoms with Gasteiger partial charge in [-0.25, -0.2) is 9.97 Å². The summed E-state index contributed by atoms with van der Waals surface area (Å²) in [6.45, 7) is 4.01. The highest BCUT2D eigenvalue weighted by atomic mass is 35.5. The molecule has 1 amide bonds. The lowest BCUT2D eigenvalue weighted by Crippen LogP contribution is -2.39. The Bertz CT molecular complexity index is 1080. The number of anilines is 1. The fourth-order valence-electron chi connectivity index (χ4n) is 4.15. The Hall–Kier alpha value is -2.93. The topological polar surface area (TPSA) is 67.2 Å².